The Morgan fingerprint density at radius 3 is 2.39 bits per heavy atom. The van der Waals surface area contributed by atoms with Crippen molar-refractivity contribution in [3.05, 3.63) is 6.07 Å². The van der Waals surface area contributed by atoms with Crippen molar-refractivity contribution in [2.45, 2.75) is 51.2 Å². The van der Waals surface area contributed by atoms with Crippen LogP contribution in [0.3, 0.4) is 0 Å². The van der Waals surface area contributed by atoms with Crippen LogP contribution in [0.15, 0.2) is 11.2 Å². The lowest BCUT2D eigenvalue weighted by atomic mass is 10.2. The van der Waals surface area contributed by atoms with Crippen LogP contribution in [0.5, 0.6) is 0 Å². The van der Waals surface area contributed by atoms with E-state index in [4.69, 9.17) is 0 Å². The van der Waals surface area contributed by atoms with E-state index in [-0.39, 0.29) is 0 Å². The van der Waals surface area contributed by atoms with Gasteiger partial charge in [-0.05, 0) is 25.5 Å². The molecule has 5 heteroatoms. The maximum Gasteiger partial charge on any atom is 0.191 e. The molecule has 18 heavy (non-hydrogen) atoms. The van der Waals surface area contributed by atoms with Crippen LogP contribution >= 0.6 is 11.8 Å². The molecule has 1 aromatic rings. The lowest BCUT2D eigenvalue weighted by Crippen LogP contribution is -2.18. The second-order valence-electron chi connectivity index (χ2n) is 4.21. The van der Waals surface area contributed by atoms with Gasteiger partial charge in [0.25, 0.3) is 0 Å². The topological polar surface area (TPSA) is 49.8 Å². The van der Waals surface area contributed by atoms with Crippen molar-refractivity contribution in [3.63, 3.8) is 0 Å². The minimum atomic E-state index is 0.480. The Hall–Kier alpha value is -0.970. The van der Waals surface area contributed by atoms with E-state index in [2.05, 4.69) is 41.4 Å². The molecule has 1 rings (SSSR count). The Balaban J connectivity index is 2.82. The normalized spacial score (nSPS) is 10.7. The van der Waals surface area contributed by atoms with Crippen molar-refractivity contribution in [2.75, 3.05) is 23.4 Å². The van der Waals surface area contributed by atoms with Gasteiger partial charge in [0.1, 0.15) is 11.6 Å². The fourth-order valence-electron chi connectivity index (χ4n) is 1.64. The van der Waals surface area contributed by atoms with E-state index < -0.39 is 0 Å². The smallest absolute Gasteiger partial charge is 0.191 e. The lowest BCUT2D eigenvalue weighted by molar-refractivity contribution is 0.666. The SMILES string of the molecule is CCCNc1cc(NC(CC)CC)nc(SC)n1. The van der Waals surface area contributed by atoms with Gasteiger partial charge in [-0.25, -0.2) is 9.97 Å². The molecule has 2 N–H and O–H groups in total. The van der Waals surface area contributed by atoms with Gasteiger partial charge in [-0.15, -0.1) is 0 Å². The second kappa shape index (κ2) is 8.19. The predicted octanol–water partition coefficient (Wildman–Crippen LogP) is 3.62. The van der Waals surface area contributed by atoms with Crippen molar-refractivity contribution >= 4 is 23.4 Å². The zero-order chi connectivity index (χ0) is 13.4. The van der Waals surface area contributed by atoms with Gasteiger partial charge in [-0.2, -0.15) is 0 Å². The molecule has 4 nitrogen and oxygen atoms in total. The Bertz CT molecular complexity index is 353. The van der Waals surface area contributed by atoms with Gasteiger partial charge in [0, 0.05) is 18.7 Å². The highest BCUT2D eigenvalue weighted by Gasteiger charge is 2.07. The molecule has 0 unspecified atom stereocenters. The summed E-state index contributed by atoms with van der Waals surface area (Å²) in [6.45, 7) is 7.46. The molecule has 102 valence electrons. The van der Waals surface area contributed by atoms with Gasteiger partial charge < -0.3 is 10.6 Å². The molecule has 0 aromatic carbocycles. The zero-order valence-corrected chi connectivity index (χ0v) is 12.6. The van der Waals surface area contributed by atoms with Crippen LogP contribution in [0.4, 0.5) is 11.6 Å². The zero-order valence-electron chi connectivity index (χ0n) is 11.8. The summed E-state index contributed by atoms with van der Waals surface area (Å²) in [6, 6.07) is 2.47. The van der Waals surface area contributed by atoms with E-state index >= 15 is 0 Å². The van der Waals surface area contributed by atoms with Crippen LogP contribution in [0.1, 0.15) is 40.0 Å². The Morgan fingerprint density at radius 2 is 1.83 bits per heavy atom. The number of hydrogen-bond donors (Lipinski definition) is 2. The minimum Gasteiger partial charge on any atom is -0.370 e. The molecule has 0 fully saturated rings. The summed E-state index contributed by atoms with van der Waals surface area (Å²) in [6.07, 6.45) is 5.30. The first-order valence-corrected chi connectivity index (χ1v) is 7.89. The maximum atomic E-state index is 4.50. The molecular formula is C13H24N4S. The molecule has 0 saturated carbocycles. The van der Waals surface area contributed by atoms with E-state index in [0.29, 0.717) is 6.04 Å². The van der Waals surface area contributed by atoms with Crippen LogP contribution in [-0.4, -0.2) is 28.8 Å². The highest BCUT2D eigenvalue weighted by Crippen LogP contribution is 2.18. The number of anilines is 2. The first-order chi connectivity index (χ1) is 8.73. The highest BCUT2D eigenvalue weighted by molar-refractivity contribution is 7.98. The van der Waals surface area contributed by atoms with Gasteiger partial charge in [-0.1, -0.05) is 32.5 Å². The average molecular weight is 268 g/mol. The summed E-state index contributed by atoms with van der Waals surface area (Å²) in [5.74, 6) is 1.83. The molecule has 0 radical (unpaired) electrons. The third-order valence-corrected chi connectivity index (χ3v) is 3.33. The van der Waals surface area contributed by atoms with E-state index in [0.717, 1.165) is 42.6 Å². The van der Waals surface area contributed by atoms with Gasteiger partial charge in [-0.3, -0.25) is 0 Å². The molecule has 0 saturated heterocycles. The molecule has 0 spiro atoms. The third-order valence-electron chi connectivity index (χ3n) is 2.78. The van der Waals surface area contributed by atoms with Gasteiger partial charge in [0.15, 0.2) is 5.16 Å². The van der Waals surface area contributed by atoms with Crippen LogP contribution in [0, 0.1) is 0 Å². The van der Waals surface area contributed by atoms with Crippen LogP contribution in [-0.2, 0) is 0 Å². The quantitative estimate of drug-likeness (QED) is 0.557. The third kappa shape index (κ3) is 4.72. The number of nitrogens with zero attached hydrogens (tertiary/aromatic N) is 2. The first-order valence-electron chi connectivity index (χ1n) is 6.66. The van der Waals surface area contributed by atoms with Crippen molar-refractivity contribution in [1.82, 2.24) is 9.97 Å². The van der Waals surface area contributed by atoms with Crippen LogP contribution < -0.4 is 10.6 Å². The van der Waals surface area contributed by atoms with Crippen LogP contribution in [0.25, 0.3) is 0 Å². The average Bonchev–Trinajstić information content (AvgIpc) is 2.42. The van der Waals surface area contributed by atoms with Crippen molar-refractivity contribution in [3.8, 4) is 0 Å². The molecule has 0 aliphatic carbocycles. The standard InChI is InChI=1S/C13H24N4S/c1-5-8-14-11-9-12(15-10(6-2)7-3)17-13(16-11)18-4/h9-10H,5-8H2,1-4H3,(H2,14,15,16,17). The second-order valence-corrected chi connectivity index (χ2v) is 4.98. The summed E-state index contributed by atoms with van der Waals surface area (Å²) < 4.78 is 0. The Morgan fingerprint density at radius 1 is 1.17 bits per heavy atom. The fraction of sp³-hybridized carbons (Fsp3) is 0.692. The number of hydrogen-bond acceptors (Lipinski definition) is 5. The molecule has 1 heterocycles. The van der Waals surface area contributed by atoms with Gasteiger partial charge in [0.05, 0.1) is 0 Å². The van der Waals surface area contributed by atoms with Crippen molar-refractivity contribution in [1.29, 1.82) is 0 Å². The summed E-state index contributed by atoms with van der Waals surface area (Å²) in [7, 11) is 0. The number of thioether (sulfide) groups is 1. The van der Waals surface area contributed by atoms with E-state index in [1.54, 1.807) is 11.8 Å². The number of rotatable bonds is 8. The van der Waals surface area contributed by atoms with Gasteiger partial charge in [0.2, 0.25) is 0 Å². The molecule has 1 aromatic heterocycles. The molecule has 0 aliphatic rings. The van der Waals surface area contributed by atoms with E-state index in [9.17, 15) is 0 Å². The molecule has 0 amide bonds. The molecular weight excluding hydrogens is 244 g/mol. The lowest BCUT2D eigenvalue weighted by Gasteiger charge is -2.16. The molecule has 0 atom stereocenters. The first kappa shape index (κ1) is 15.1. The summed E-state index contributed by atoms with van der Waals surface area (Å²) >= 11 is 1.57. The minimum absolute atomic E-state index is 0.480. The predicted molar refractivity (Wildman–Crippen MR) is 80.6 cm³/mol. The largest absolute Gasteiger partial charge is 0.370 e. The Kier molecular flexibility index (Phi) is 6.86. The number of nitrogens with one attached hydrogen (secondary N) is 2. The summed E-state index contributed by atoms with van der Waals surface area (Å²) in [4.78, 5) is 8.95. The Labute approximate surface area is 114 Å². The van der Waals surface area contributed by atoms with Crippen LogP contribution in [0.2, 0.25) is 0 Å². The highest BCUT2D eigenvalue weighted by atomic mass is 32.2. The van der Waals surface area contributed by atoms with E-state index in [1.165, 1.54) is 0 Å². The molecule has 0 aliphatic heterocycles. The van der Waals surface area contributed by atoms with Gasteiger partial charge >= 0.3 is 0 Å². The van der Waals surface area contributed by atoms with Crippen molar-refractivity contribution in [2.24, 2.45) is 0 Å². The van der Waals surface area contributed by atoms with E-state index in [1.807, 2.05) is 12.3 Å². The summed E-state index contributed by atoms with van der Waals surface area (Å²) in [5.41, 5.74) is 0. The van der Waals surface area contributed by atoms with Crippen molar-refractivity contribution < 1.29 is 0 Å². The fourth-order valence-corrected chi connectivity index (χ4v) is 2.02. The monoisotopic (exact) mass is 268 g/mol. The maximum absolute atomic E-state index is 4.50. The number of aromatic nitrogens is 2. The summed E-state index contributed by atoms with van der Waals surface area (Å²) in [5, 5.41) is 7.59. The molecule has 0 bridgehead atoms.